The second-order valence-corrected chi connectivity index (χ2v) is 3.31. The lowest BCUT2D eigenvalue weighted by atomic mass is 10.1. The van der Waals surface area contributed by atoms with Crippen molar-refractivity contribution in [2.75, 3.05) is 7.11 Å². The molecule has 0 amide bonds. The van der Waals surface area contributed by atoms with E-state index >= 15 is 0 Å². The van der Waals surface area contributed by atoms with Crippen molar-refractivity contribution in [1.29, 1.82) is 0 Å². The Morgan fingerprint density at radius 3 is 2.93 bits per heavy atom. The maximum absolute atomic E-state index is 11.0. The van der Waals surface area contributed by atoms with E-state index in [0.29, 0.717) is 16.7 Å². The maximum Gasteiger partial charge on any atom is 0.417 e. The summed E-state index contributed by atoms with van der Waals surface area (Å²) in [5.74, 6) is -0.503. The fourth-order valence-electron chi connectivity index (χ4n) is 1.53. The van der Waals surface area contributed by atoms with Crippen LogP contribution in [-0.2, 0) is 4.74 Å². The van der Waals surface area contributed by atoms with Crippen LogP contribution in [0.25, 0.3) is 11.1 Å². The summed E-state index contributed by atoms with van der Waals surface area (Å²) < 4.78 is 9.68. The lowest BCUT2D eigenvalue weighted by Crippen LogP contribution is -1.99. The van der Waals surface area contributed by atoms with Gasteiger partial charge in [0.05, 0.1) is 5.52 Å². The van der Waals surface area contributed by atoms with Crippen molar-refractivity contribution < 1.29 is 14.3 Å². The molecule has 0 aliphatic rings. The van der Waals surface area contributed by atoms with E-state index in [4.69, 9.17) is 9.15 Å². The Balaban J connectivity index is 2.66. The van der Waals surface area contributed by atoms with E-state index in [0.717, 1.165) is 5.56 Å². The number of hydrogen-bond acceptors (Lipinski definition) is 4. The molecule has 2 aromatic rings. The summed E-state index contributed by atoms with van der Waals surface area (Å²) in [6, 6.07) is 3.32. The van der Waals surface area contributed by atoms with Crippen LogP contribution in [0.1, 0.15) is 17.4 Å². The van der Waals surface area contributed by atoms with Crippen molar-refractivity contribution in [1.82, 2.24) is 4.98 Å². The van der Waals surface area contributed by atoms with Gasteiger partial charge in [-0.1, -0.05) is 0 Å². The van der Waals surface area contributed by atoms with Gasteiger partial charge in [0, 0.05) is 12.7 Å². The number of benzene rings is 1. The number of aliphatic hydroxyl groups excluding tert-OH is 1. The standard InChI is InChI=1S/C10H11NO4/c1-5-3-6(9(12)14-2)4-7-8(5)11-10(13)15-7/h3-4,9,12H,1-2H3,(H,11,13). The van der Waals surface area contributed by atoms with Crippen LogP contribution >= 0.6 is 0 Å². The van der Waals surface area contributed by atoms with Gasteiger partial charge in [0.2, 0.25) is 0 Å². The van der Waals surface area contributed by atoms with Crippen LogP contribution < -0.4 is 5.76 Å². The van der Waals surface area contributed by atoms with E-state index in [1.165, 1.54) is 7.11 Å². The number of aliphatic hydroxyl groups is 1. The van der Waals surface area contributed by atoms with Gasteiger partial charge in [-0.3, -0.25) is 4.98 Å². The molecule has 0 bridgehead atoms. The maximum atomic E-state index is 11.0. The van der Waals surface area contributed by atoms with Crippen molar-refractivity contribution in [2.45, 2.75) is 13.2 Å². The molecule has 2 N–H and O–H groups in total. The van der Waals surface area contributed by atoms with Crippen LogP contribution in [0.3, 0.4) is 0 Å². The Kier molecular flexibility index (Phi) is 2.34. The smallest absolute Gasteiger partial charge is 0.408 e. The average molecular weight is 209 g/mol. The topological polar surface area (TPSA) is 75.5 Å². The number of fused-ring (bicyclic) bond motifs is 1. The van der Waals surface area contributed by atoms with Crippen LogP contribution in [0.2, 0.25) is 0 Å². The number of H-pyrrole nitrogens is 1. The zero-order valence-corrected chi connectivity index (χ0v) is 8.40. The Bertz CT molecular complexity index is 540. The number of aromatic nitrogens is 1. The average Bonchev–Trinajstić information content (AvgIpc) is 2.58. The molecule has 1 atom stereocenters. The molecule has 1 aromatic heterocycles. The molecule has 0 aliphatic heterocycles. The number of rotatable bonds is 2. The van der Waals surface area contributed by atoms with Gasteiger partial charge in [-0.2, -0.15) is 0 Å². The minimum atomic E-state index is -1.01. The summed E-state index contributed by atoms with van der Waals surface area (Å²) in [6.45, 7) is 1.82. The summed E-state index contributed by atoms with van der Waals surface area (Å²) in [7, 11) is 1.40. The first kappa shape index (κ1) is 9.95. The van der Waals surface area contributed by atoms with Gasteiger partial charge in [-0.15, -0.1) is 0 Å². The van der Waals surface area contributed by atoms with Gasteiger partial charge in [0.15, 0.2) is 11.9 Å². The molecule has 80 valence electrons. The third-order valence-electron chi connectivity index (χ3n) is 2.26. The first-order valence-electron chi connectivity index (χ1n) is 4.46. The lowest BCUT2D eigenvalue weighted by molar-refractivity contribution is -0.0769. The summed E-state index contributed by atoms with van der Waals surface area (Å²) in [6.07, 6.45) is -1.01. The van der Waals surface area contributed by atoms with E-state index < -0.39 is 12.0 Å². The second-order valence-electron chi connectivity index (χ2n) is 3.31. The number of hydrogen-bond donors (Lipinski definition) is 2. The Hall–Kier alpha value is -1.59. The van der Waals surface area contributed by atoms with Crippen molar-refractivity contribution in [3.8, 4) is 0 Å². The number of methoxy groups -OCH3 is 1. The van der Waals surface area contributed by atoms with Crippen molar-refractivity contribution in [3.05, 3.63) is 33.8 Å². The Morgan fingerprint density at radius 1 is 1.53 bits per heavy atom. The molecule has 5 nitrogen and oxygen atoms in total. The molecule has 0 fully saturated rings. The van der Waals surface area contributed by atoms with Gasteiger partial charge < -0.3 is 14.3 Å². The third-order valence-corrected chi connectivity index (χ3v) is 2.26. The predicted octanol–water partition coefficient (Wildman–Crippen LogP) is 1.07. The minimum Gasteiger partial charge on any atom is -0.408 e. The van der Waals surface area contributed by atoms with E-state index in [1.807, 2.05) is 6.92 Å². The molecule has 0 radical (unpaired) electrons. The summed E-state index contributed by atoms with van der Waals surface area (Å²) in [4.78, 5) is 13.5. The first-order chi connectivity index (χ1) is 7.11. The molecule has 1 unspecified atom stereocenters. The number of ether oxygens (including phenoxy) is 1. The molecule has 0 spiro atoms. The monoisotopic (exact) mass is 209 g/mol. The zero-order chi connectivity index (χ0) is 11.0. The fourth-order valence-corrected chi connectivity index (χ4v) is 1.53. The summed E-state index contributed by atoms with van der Waals surface area (Å²) in [5, 5.41) is 9.47. The molecule has 0 saturated heterocycles. The summed E-state index contributed by atoms with van der Waals surface area (Å²) >= 11 is 0. The third kappa shape index (κ3) is 1.67. The molecule has 15 heavy (non-hydrogen) atoms. The van der Waals surface area contributed by atoms with Gasteiger partial charge in [0.1, 0.15) is 0 Å². The van der Waals surface area contributed by atoms with Crippen LogP contribution in [0, 0.1) is 6.92 Å². The highest BCUT2D eigenvalue weighted by atomic mass is 16.6. The Morgan fingerprint density at radius 2 is 2.27 bits per heavy atom. The van der Waals surface area contributed by atoms with E-state index in [9.17, 15) is 9.90 Å². The number of aryl methyl sites for hydroxylation is 1. The highest BCUT2D eigenvalue weighted by molar-refractivity contribution is 5.76. The fraction of sp³-hybridized carbons (Fsp3) is 0.300. The molecule has 5 heteroatoms. The molecule has 1 heterocycles. The van der Waals surface area contributed by atoms with Crippen LogP contribution in [0.4, 0.5) is 0 Å². The molecule has 1 aromatic carbocycles. The molecule has 0 saturated carbocycles. The van der Waals surface area contributed by atoms with E-state index in [-0.39, 0.29) is 0 Å². The van der Waals surface area contributed by atoms with Crippen molar-refractivity contribution in [2.24, 2.45) is 0 Å². The number of nitrogens with one attached hydrogen (secondary N) is 1. The molecular weight excluding hydrogens is 198 g/mol. The van der Waals surface area contributed by atoms with Gasteiger partial charge >= 0.3 is 5.76 Å². The minimum absolute atomic E-state index is 0.422. The molecule has 2 rings (SSSR count). The largest absolute Gasteiger partial charge is 0.417 e. The van der Waals surface area contributed by atoms with E-state index in [1.54, 1.807) is 12.1 Å². The van der Waals surface area contributed by atoms with Crippen LogP contribution in [0.15, 0.2) is 21.3 Å². The zero-order valence-electron chi connectivity index (χ0n) is 8.40. The molecule has 0 aliphatic carbocycles. The number of oxazole rings is 1. The second kappa shape index (κ2) is 3.52. The van der Waals surface area contributed by atoms with Crippen LogP contribution in [-0.4, -0.2) is 17.2 Å². The van der Waals surface area contributed by atoms with Gasteiger partial charge in [-0.25, -0.2) is 4.79 Å². The highest BCUT2D eigenvalue weighted by Crippen LogP contribution is 2.22. The van der Waals surface area contributed by atoms with Gasteiger partial charge in [0.25, 0.3) is 0 Å². The Labute approximate surface area is 85.3 Å². The predicted molar refractivity (Wildman–Crippen MR) is 53.5 cm³/mol. The van der Waals surface area contributed by atoms with Crippen LogP contribution in [0.5, 0.6) is 0 Å². The van der Waals surface area contributed by atoms with E-state index in [2.05, 4.69) is 4.98 Å². The normalized spacial score (nSPS) is 13.3. The first-order valence-corrected chi connectivity index (χ1v) is 4.46. The van der Waals surface area contributed by atoms with Crippen molar-refractivity contribution in [3.63, 3.8) is 0 Å². The quantitative estimate of drug-likeness (QED) is 0.725. The number of aromatic amines is 1. The lowest BCUT2D eigenvalue weighted by Gasteiger charge is -2.08. The highest BCUT2D eigenvalue weighted by Gasteiger charge is 2.11. The SMILES string of the molecule is COC(O)c1cc(C)c2[nH]c(=O)oc2c1. The van der Waals surface area contributed by atoms with Gasteiger partial charge in [-0.05, 0) is 24.6 Å². The van der Waals surface area contributed by atoms with Crippen molar-refractivity contribution >= 4 is 11.1 Å². The summed E-state index contributed by atoms with van der Waals surface area (Å²) in [5.41, 5.74) is 2.45. The molecular formula is C10H11NO4.